The van der Waals surface area contributed by atoms with Gasteiger partial charge in [0.25, 0.3) is 0 Å². The number of aliphatic hydroxyl groups excluding tert-OH is 1. The van der Waals surface area contributed by atoms with Crippen LogP contribution >= 0.6 is 0 Å². The van der Waals surface area contributed by atoms with E-state index in [1.807, 2.05) is 6.92 Å². The highest BCUT2D eigenvalue weighted by Gasteiger charge is 2.34. The molecule has 29 heavy (non-hydrogen) atoms. The molecule has 154 valence electrons. The highest BCUT2D eigenvalue weighted by atomic mass is 19.1. The van der Waals surface area contributed by atoms with Crippen LogP contribution in [0.3, 0.4) is 0 Å². The van der Waals surface area contributed by atoms with Gasteiger partial charge in [0.05, 0.1) is 17.8 Å². The zero-order chi connectivity index (χ0) is 20.5. The molecule has 0 radical (unpaired) electrons. The first-order valence-electron chi connectivity index (χ1n) is 10.1. The second kappa shape index (κ2) is 8.20. The van der Waals surface area contributed by atoms with E-state index in [9.17, 15) is 18.3 Å². The molecule has 1 fully saturated rings. The second-order valence-corrected chi connectivity index (χ2v) is 7.96. The maximum absolute atomic E-state index is 14.4. The van der Waals surface area contributed by atoms with Crippen LogP contribution in [0.25, 0.3) is 22.2 Å². The Bertz CT molecular complexity index is 990. The molecule has 0 bridgehead atoms. The monoisotopic (exact) mass is 402 g/mol. The minimum absolute atomic E-state index is 0.0973. The molecule has 4 rings (SSSR count). The Hall–Kier alpha value is -2.31. The minimum atomic E-state index is -0.624. The van der Waals surface area contributed by atoms with E-state index in [1.165, 1.54) is 18.2 Å². The SMILES string of the molecule is CCC(CO)NCC1CC(c2c(-c3ccc(F)cc3)[nH]c3c(F)cc(F)cc23)C1. The number of hydrogen-bond acceptors (Lipinski definition) is 2. The Morgan fingerprint density at radius 2 is 1.83 bits per heavy atom. The lowest BCUT2D eigenvalue weighted by atomic mass is 9.70. The van der Waals surface area contributed by atoms with Crippen molar-refractivity contribution >= 4 is 10.9 Å². The number of H-pyrrole nitrogens is 1. The summed E-state index contributed by atoms with van der Waals surface area (Å²) in [6, 6.07) is 8.40. The summed E-state index contributed by atoms with van der Waals surface area (Å²) in [6.45, 7) is 2.95. The van der Waals surface area contributed by atoms with E-state index in [1.54, 1.807) is 12.1 Å². The van der Waals surface area contributed by atoms with E-state index in [2.05, 4.69) is 10.3 Å². The van der Waals surface area contributed by atoms with Gasteiger partial charge in [0, 0.05) is 17.5 Å². The van der Waals surface area contributed by atoms with E-state index < -0.39 is 11.6 Å². The topological polar surface area (TPSA) is 48.0 Å². The molecule has 0 aliphatic heterocycles. The van der Waals surface area contributed by atoms with Crippen LogP contribution in [0.15, 0.2) is 36.4 Å². The van der Waals surface area contributed by atoms with Crippen LogP contribution in [-0.4, -0.2) is 29.3 Å². The number of aliphatic hydroxyl groups is 1. The number of aromatic nitrogens is 1. The maximum atomic E-state index is 14.4. The molecule has 1 aromatic heterocycles. The lowest BCUT2D eigenvalue weighted by molar-refractivity contribution is 0.206. The minimum Gasteiger partial charge on any atom is -0.395 e. The van der Waals surface area contributed by atoms with Crippen molar-refractivity contribution in [3.63, 3.8) is 0 Å². The fraction of sp³-hybridized carbons (Fsp3) is 0.391. The highest BCUT2D eigenvalue weighted by Crippen LogP contribution is 2.48. The summed E-state index contributed by atoms with van der Waals surface area (Å²) in [6.07, 6.45) is 2.66. The molecule has 1 saturated carbocycles. The molecule has 3 nitrogen and oxygen atoms in total. The molecular formula is C23H25F3N2O. The fourth-order valence-corrected chi connectivity index (χ4v) is 4.32. The van der Waals surface area contributed by atoms with Crippen molar-refractivity contribution in [2.75, 3.05) is 13.2 Å². The smallest absolute Gasteiger partial charge is 0.150 e. The van der Waals surface area contributed by atoms with Crippen molar-refractivity contribution in [2.45, 2.75) is 38.1 Å². The van der Waals surface area contributed by atoms with Crippen LogP contribution in [0.5, 0.6) is 0 Å². The van der Waals surface area contributed by atoms with Gasteiger partial charge in [0.1, 0.15) is 17.5 Å². The van der Waals surface area contributed by atoms with Crippen LogP contribution < -0.4 is 5.32 Å². The van der Waals surface area contributed by atoms with Gasteiger partial charge in [-0.15, -0.1) is 0 Å². The van der Waals surface area contributed by atoms with Gasteiger partial charge >= 0.3 is 0 Å². The summed E-state index contributed by atoms with van der Waals surface area (Å²) in [5.41, 5.74) is 2.66. The Morgan fingerprint density at radius 1 is 1.10 bits per heavy atom. The molecular weight excluding hydrogens is 377 g/mol. The zero-order valence-electron chi connectivity index (χ0n) is 16.3. The Labute approximate surface area is 167 Å². The molecule has 1 heterocycles. The average molecular weight is 402 g/mol. The first-order valence-corrected chi connectivity index (χ1v) is 10.1. The molecule has 0 amide bonds. The molecule has 3 aromatic rings. The Morgan fingerprint density at radius 3 is 2.48 bits per heavy atom. The van der Waals surface area contributed by atoms with Crippen molar-refractivity contribution < 1.29 is 18.3 Å². The number of rotatable bonds is 7. The van der Waals surface area contributed by atoms with Gasteiger partial charge in [0.2, 0.25) is 0 Å². The molecule has 2 aromatic carbocycles. The summed E-state index contributed by atoms with van der Waals surface area (Å²) in [5, 5.41) is 13.3. The molecule has 1 aliphatic rings. The molecule has 0 spiro atoms. The third-order valence-electron chi connectivity index (χ3n) is 6.05. The van der Waals surface area contributed by atoms with Crippen LogP contribution in [0.2, 0.25) is 0 Å². The van der Waals surface area contributed by atoms with Crippen LogP contribution in [0.4, 0.5) is 13.2 Å². The van der Waals surface area contributed by atoms with Crippen molar-refractivity contribution in [3.05, 3.63) is 59.4 Å². The average Bonchev–Trinajstić information content (AvgIpc) is 3.04. The van der Waals surface area contributed by atoms with Crippen molar-refractivity contribution in [2.24, 2.45) is 5.92 Å². The third-order valence-corrected chi connectivity index (χ3v) is 6.05. The number of hydrogen-bond donors (Lipinski definition) is 3. The quantitative estimate of drug-likeness (QED) is 0.515. The van der Waals surface area contributed by atoms with E-state index in [0.29, 0.717) is 11.3 Å². The third kappa shape index (κ3) is 3.91. The number of benzene rings is 2. The molecule has 1 aliphatic carbocycles. The van der Waals surface area contributed by atoms with Crippen LogP contribution in [0, 0.1) is 23.4 Å². The Kier molecular flexibility index (Phi) is 5.65. The molecule has 3 N–H and O–H groups in total. The predicted molar refractivity (Wildman–Crippen MR) is 108 cm³/mol. The fourth-order valence-electron chi connectivity index (χ4n) is 4.32. The number of nitrogens with one attached hydrogen (secondary N) is 2. The van der Waals surface area contributed by atoms with Gasteiger partial charge in [-0.1, -0.05) is 6.92 Å². The number of aromatic amines is 1. The van der Waals surface area contributed by atoms with E-state index in [0.717, 1.165) is 48.7 Å². The molecule has 6 heteroatoms. The first-order chi connectivity index (χ1) is 14.0. The van der Waals surface area contributed by atoms with Gasteiger partial charge in [0.15, 0.2) is 0 Å². The van der Waals surface area contributed by atoms with Crippen molar-refractivity contribution in [1.29, 1.82) is 0 Å². The van der Waals surface area contributed by atoms with Crippen molar-refractivity contribution in [3.8, 4) is 11.3 Å². The first kappa shape index (κ1) is 20.0. The summed E-state index contributed by atoms with van der Waals surface area (Å²) in [7, 11) is 0. The van der Waals surface area contributed by atoms with Gasteiger partial charge in [-0.2, -0.15) is 0 Å². The van der Waals surface area contributed by atoms with E-state index >= 15 is 0 Å². The van der Waals surface area contributed by atoms with Gasteiger partial charge in [-0.05, 0) is 79.1 Å². The zero-order valence-corrected chi connectivity index (χ0v) is 16.3. The summed E-state index contributed by atoms with van der Waals surface area (Å²) in [5.74, 6) is -0.947. The summed E-state index contributed by atoms with van der Waals surface area (Å²) < 4.78 is 41.7. The number of halogens is 3. The normalized spacial score (nSPS) is 20.0. The second-order valence-electron chi connectivity index (χ2n) is 7.96. The summed E-state index contributed by atoms with van der Waals surface area (Å²) >= 11 is 0. The van der Waals surface area contributed by atoms with Gasteiger partial charge < -0.3 is 15.4 Å². The van der Waals surface area contributed by atoms with Crippen molar-refractivity contribution in [1.82, 2.24) is 10.3 Å². The lowest BCUT2D eigenvalue weighted by Gasteiger charge is -2.37. The van der Waals surface area contributed by atoms with Crippen LogP contribution in [0.1, 0.15) is 37.7 Å². The molecule has 0 saturated heterocycles. The highest BCUT2D eigenvalue weighted by molar-refractivity contribution is 5.92. The largest absolute Gasteiger partial charge is 0.395 e. The van der Waals surface area contributed by atoms with Crippen LogP contribution in [-0.2, 0) is 0 Å². The lowest BCUT2D eigenvalue weighted by Crippen LogP contribution is -2.39. The maximum Gasteiger partial charge on any atom is 0.150 e. The van der Waals surface area contributed by atoms with Gasteiger partial charge in [-0.3, -0.25) is 0 Å². The molecule has 1 unspecified atom stereocenters. The predicted octanol–water partition coefficient (Wildman–Crippen LogP) is 5.11. The van der Waals surface area contributed by atoms with E-state index in [-0.39, 0.29) is 29.9 Å². The Balaban J connectivity index is 1.64. The molecule has 1 atom stereocenters. The van der Waals surface area contributed by atoms with Gasteiger partial charge in [-0.25, -0.2) is 13.2 Å². The number of fused-ring (bicyclic) bond motifs is 1. The summed E-state index contributed by atoms with van der Waals surface area (Å²) in [4.78, 5) is 3.12. The van der Waals surface area contributed by atoms with E-state index in [4.69, 9.17) is 0 Å². The standard InChI is InChI=1S/C23H25F3N2O/c1-2-18(12-29)27-11-13-7-15(8-13)21-19-9-17(25)10-20(26)23(19)28-22(21)14-3-5-16(24)6-4-14/h3-6,9-10,13,15,18,27-29H,2,7-8,11-12H2,1H3.